The van der Waals surface area contributed by atoms with Crippen LogP contribution in [-0.4, -0.2) is 15.2 Å². The van der Waals surface area contributed by atoms with Crippen LogP contribution in [0.2, 0.25) is 5.15 Å². The second kappa shape index (κ2) is 4.49. The predicted octanol–water partition coefficient (Wildman–Crippen LogP) is 2.96. The molecule has 1 aliphatic rings. The molecule has 102 valence electrons. The van der Waals surface area contributed by atoms with Gasteiger partial charge in [0.15, 0.2) is 0 Å². The molecule has 1 aliphatic heterocycles. The number of nitrogens with zero attached hydrogens (tertiary/aromatic N) is 2. The van der Waals surface area contributed by atoms with Crippen molar-refractivity contribution in [1.29, 1.82) is 0 Å². The van der Waals surface area contributed by atoms with Crippen molar-refractivity contribution in [3.63, 3.8) is 0 Å². The third kappa shape index (κ3) is 2.12. The van der Waals surface area contributed by atoms with E-state index in [1.165, 1.54) is 10.6 Å². The number of hydrogen-bond acceptors (Lipinski definition) is 3. The van der Waals surface area contributed by atoms with Gasteiger partial charge < -0.3 is 4.74 Å². The number of pyridine rings is 2. The summed E-state index contributed by atoms with van der Waals surface area (Å²) in [7, 11) is 0. The molecule has 0 bridgehead atoms. The van der Waals surface area contributed by atoms with E-state index in [4.69, 9.17) is 16.3 Å². The number of fused-ring (bicyclic) bond motifs is 1. The van der Waals surface area contributed by atoms with Crippen molar-refractivity contribution in [3.8, 4) is 5.75 Å². The summed E-state index contributed by atoms with van der Waals surface area (Å²) in [6, 6.07) is 6.58. The molecule has 0 N–H and O–H groups in total. The lowest BCUT2D eigenvalue weighted by Gasteiger charge is -2.31. The van der Waals surface area contributed by atoms with Gasteiger partial charge in [-0.2, -0.15) is 0 Å². The average Bonchev–Trinajstić information content (AvgIpc) is 2.37. The van der Waals surface area contributed by atoms with E-state index in [1.54, 1.807) is 30.6 Å². The quantitative estimate of drug-likeness (QED) is 0.758. The molecule has 2 aromatic rings. The van der Waals surface area contributed by atoms with Crippen LogP contribution < -0.4 is 10.3 Å². The van der Waals surface area contributed by atoms with Crippen LogP contribution in [0.1, 0.15) is 19.4 Å². The van der Waals surface area contributed by atoms with Crippen molar-refractivity contribution in [2.45, 2.75) is 19.4 Å². The van der Waals surface area contributed by atoms with Crippen molar-refractivity contribution in [3.05, 3.63) is 63.8 Å². The molecule has 0 aromatic carbocycles. The maximum absolute atomic E-state index is 12.1. The molecule has 0 radical (unpaired) electrons. The maximum Gasteiger partial charge on any atom is 0.256 e. The van der Waals surface area contributed by atoms with E-state index in [0.29, 0.717) is 16.6 Å². The third-order valence-electron chi connectivity index (χ3n) is 3.06. The minimum absolute atomic E-state index is 0.184. The number of aromatic nitrogens is 2. The monoisotopic (exact) mass is 288 g/mol. The lowest BCUT2D eigenvalue weighted by atomic mass is 10.0. The molecule has 20 heavy (non-hydrogen) atoms. The Kier molecular flexibility index (Phi) is 2.91. The Morgan fingerprint density at radius 1 is 1.30 bits per heavy atom. The lowest BCUT2D eigenvalue weighted by molar-refractivity contribution is 0.157. The van der Waals surface area contributed by atoms with E-state index in [-0.39, 0.29) is 5.56 Å². The van der Waals surface area contributed by atoms with Gasteiger partial charge in [-0.05, 0) is 32.1 Å². The van der Waals surface area contributed by atoms with Crippen molar-refractivity contribution in [2.75, 3.05) is 0 Å². The second-order valence-electron chi connectivity index (χ2n) is 5.13. The minimum Gasteiger partial charge on any atom is -0.483 e. The highest BCUT2D eigenvalue weighted by molar-refractivity contribution is 6.30. The summed E-state index contributed by atoms with van der Waals surface area (Å²) in [5.74, 6) is 0.689. The molecule has 0 spiro atoms. The Bertz CT molecular complexity index is 762. The summed E-state index contributed by atoms with van der Waals surface area (Å²) in [4.78, 5) is 16.2. The van der Waals surface area contributed by atoms with Gasteiger partial charge in [-0.15, -0.1) is 0 Å². The zero-order valence-electron chi connectivity index (χ0n) is 11.1. The van der Waals surface area contributed by atoms with Crippen molar-refractivity contribution >= 4 is 17.3 Å². The molecular formula is C15H13ClN2O2. The molecule has 0 atom stereocenters. The van der Waals surface area contributed by atoms with Crippen LogP contribution in [0.15, 0.2) is 47.5 Å². The topological polar surface area (TPSA) is 44.1 Å². The number of hydrogen-bond donors (Lipinski definition) is 0. The lowest BCUT2D eigenvalue weighted by Crippen LogP contribution is -2.32. The number of ether oxygens (including phenoxy) is 1. The standard InChI is InChI=1S/C15H13ClN2O2/c1-15(2)8-11(10-9-17-7-6-12(10)20-15)18-13(16)4-3-5-14(18)19/h3-9H,1-2H3. The van der Waals surface area contributed by atoms with E-state index in [0.717, 1.165) is 5.56 Å². The fourth-order valence-electron chi connectivity index (χ4n) is 2.27. The second-order valence-corrected chi connectivity index (χ2v) is 5.52. The van der Waals surface area contributed by atoms with Crippen molar-refractivity contribution in [1.82, 2.24) is 9.55 Å². The summed E-state index contributed by atoms with van der Waals surface area (Å²) in [5, 5.41) is 0.358. The van der Waals surface area contributed by atoms with Gasteiger partial charge in [0.25, 0.3) is 5.56 Å². The Balaban J connectivity index is 2.31. The van der Waals surface area contributed by atoms with Crippen molar-refractivity contribution < 1.29 is 4.74 Å². The molecule has 4 nitrogen and oxygen atoms in total. The summed E-state index contributed by atoms with van der Waals surface area (Å²) < 4.78 is 7.34. The smallest absolute Gasteiger partial charge is 0.256 e. The molecule has 3 rings (SSSR count). The molecule has 0 unspecified atom stereocenters. The predicted molar refractivity (Wildman–Crippen MR) is 78.0 cm³/mol. The van der Waals surface area contributed by atoms with E-state index in [1.807, 2.05) is 19.9 Å². The molecule has 0 saturated heterocycles. The highest BCUT2D eigenvalue weighted by Gasteiger charge is 2.28. The first-order chi connectivity index (χ1) is 9.48. The van der Waals surface area contributed by atoms with Crippen LogP contribution in [0, 0.1) is 0 Å². The Morgan fingerprint density at radius 3 is 2.85 bits per heavy atom. The van der Waals surface area contributed by atoms with Crippen LogP contribution in [0.5, 0.6) is 5.75 Å². The molecule has 0 saturated carbocycles. The average molecular weight is 289 g/mol. The Hall–Kier alpha value is -2.07. The van der Waals surface area contributed by atoms with Crippen LogP contribution in [-0.2, 0) is 0 Å². The van der Waals surface area contributed by atoms with E-state index in [2.05, 4.69) is 4.98 Å². The van der Waals surface area contributed by atoms with Gasteiger partial charge in [0.05, 0.1) is 11.3 Å². The van der Waals surface area contributed by atoms with Crippen LogP contribution >= 0.6 is 11.6 Å². The van der Waals surface area contributed by atoms with E-state index < -0.39 is 5.60 Å². The third-order valence-corrected chi connectivity index (χ3v) is 3.36. The molecule has 3 heterocycles. The SMILES string of the molecule is CC1(C)C=C(n2c(Cl)cccc2=O)c2cnccc2O1. The first-order valence-electron chi connectivity index (χ1n) is 6.22. The van der Waals surface area contributed by atoms with Gasteiger partial charge in [0.1, 0.15) is 16.5 Å². The number of halogens is 1. The first-order valence-corrected chi connectivity index (χ1v) is 6.60. The minimum atomic E-state index is -0.525. The van der Waals surface area contributed by atoms with Gasteiger partial charge in [-0.3, -0.25) is 14.3 Å². The zero-order chi connectivity index (χ0) is 14.3. The van der Waals surface area contributed by atoms with Gasteiger partial charge in [0.2, 0.25) is 0 Å². The van der Waals surface area contributed by atoms with Crippen LogP contribution in [0.25, 0.3) is 5.70 Å². The molecule has 0 amide bonds. The summed E-state index contributed by atoms with van der Waals surface area (Å²) in [5.41, 5.74) is 0.737. The van der Waals surface area contributed by atoms with E-state index >= 15 is 0 Å². The molecule has 2 aromatic heterocycles. The normalized spacial score (nSPS) is 16.1. The first kappa shape index (κ1) is 12.9. The Labute approximate surface area is 121 Å². The highest BCUT2D eigenvalue weighted by atomic mass is 35.5. The van der Waals surface area contributed by atoms with Crippen LogP contribution in [0.3, 0.4) is 0 Å². The van der Waals surface area contributed by atoms with Crippen LogP contribution in [0.4, 0.5) is 0 Å². The van der Waals surface area contributed by atoms with E-state index in [9.17, 15) is 4.79 Å². The number of rotatable bonds is 1. The molecular weight excluding hydrogens is 276 g/mol. The summed E-state index contributed by atoms with van der Waals surface area (Å²) in [6.07, 6.45) is 5.21. The van der Waals surface area contributed by atoms with Crippen molar-refractivity contribution in [2.24, 2.45) is 0 Å². The zero-order valence-corrected chi connectivity index (χ0v) is 11.9. The van der Waals surface area contributed by atoms with Gasteiger partial charge >= 0.3 is 0 Å². The van der Waals surface area contributed by atoms with Gasteiger partial charge in [-0.1, -0.05) is 17.7 Å². The largest absolute Gasteiger partial charge is 0.483 e. The molecule has 0 fully saturated rings. The van der Waals surface area contributed by atoms with Gasteiger partial charge in [-0.25, -0.2) is 0 Å². The maximum atomic E-state index is 12.1. The highest BCUT2D eigenvalue weighted by Crippen LogP contribution is 2.36. The Morgan fingerprint density at radius 2 is 2.10 bits per heavy atom. The fraction of sp³-hybridized carbons (Fsp3) is 0.200. The summed E-state index contributed by atoms with van der Waals surface area (Å²) in [6.45, 7) is 3.86. The molecule has 5 heteroatoms. The summed E-state index contributed by atoms with van der Waals surface area (Å²) >= 11 is 6.18. The fourth-order valence-corrected chi connectivity index (χ4v) is 2.51. The molecule has 0 aliphatic carbocycles. The van der Waals surface area contributed by atoms with Gasteiger partial charge in [0, 0.05) is 18.5 Å².